The Labute approximate surface area is 162 Å². The minimum Gasteiger partial charge on any atom is -0.493 e. The van der Waals surface area contributed by atoms with E-state index in [1.807, 2.05) is 20.8 Å². The Morgan fingerprint density at radius 2 is 1.78 bits per heavy atom. The highest BCUT2D eigenvalue weighted by molar-refractivity contribution is 5.99. The van der Waals surface area contributed by atoms with Crippen LogP contribution in [0.4, 0.5) is 5.69 Å². The number of carbonyl (C=O) groups excluding carboxylic acids is 2. The van der Waals surface area contributed by atoms with Crippen molar-refractivity contribution in [2.75, 3.05) is 25.6 Å². The number of hydrogen-bond donors (Lipinski definition) is 1. The van der Waals surface area contributed by atoms with Gasteiger partial charge in [-0.05, 0) is 44.4 Å². The Morgan fingerprint density at radius 3 is 2.37 bits per heavy atom. The molecule has 1 aromatic carbocycles. The van der Waals surface area contributed by atoms with Gasteiger partial charge in [-0.15, -0.1) is 0 Å². The number of amides is 1. The fourth-order valence-corrected chi connectivity index (χ4v) is 2.57. The van der Waals surface area contributed by atoms with E-state index in [-0.39, 0.29) is 11.5 Å². The fourth-order valence-electron chi connectivity index (χ4n) is 2.57. The summed E-state index contributed by atoms with van der Waals surface area (Å²) in [6.07, 6.45) is 4.17. The molecule has 1 N–H and O–H groups in total. The Kier molecular flexibility index (Phi) is 9.86. The zero-order valence-electron chi connectivity index (χ0n) is 17.2. The molecule has 6 nitrogen and oxygen atoms in total. The quantitative estimate of drug-likeness (QED) is 0.538. The van der Waals surface area contributed by atoms with Gasteiger partial charge in [0.15, 0.2) is 0 Å². The Morgan fingerprint density at radius 1 is 1.07 bits per heavy atom. The predicted molar refractivity (Wildman–Crippen MR) is 106 cm³/mol. The van der Waals surface area contributed by atoms with E-state index in [2.05, 4.69) is 12.2 Å². The smallest absolute Gasteiger partial charge is 0.341 e. The maximum Gasteiger partial charge on any atom is 0.341 e. The molecule has 152 valence electrons. The molecule has 0 aromatic heterocycles. The lowest BCUT2D eigenvalue weighted by Crippen LogP contribution is -2.43. The normalized spacial score (nSPS) is 12.9. The maximum absolute atomic E-state index is 12.9. The number of benzene rings is 1. The number of ether oxygens (including phenoxy) is 3. The van der Waals surface area contributed by atoms with Gasteiger partial charge in [-0.25, -0.2) is 4.79 Å². The summed E-state index contributed by atoms with van der Waals surface area (Å²) >= 11 is 0. The molecule has 0 heterocycles. The van der Waals surface area contributed by atoms with Gasteiger partial charge in [0.25, 0.3) is 5.91 Å². The number of rotatable bonds is 12. The van der Waals surface area contributed by atoms with E-state index in [0.717, 1.165) is 25.7 Å². The van der Waals surface area contributed by atoms with E-state index in [1.165, 1.54) is 7.11 Å². The molecule has 1 unspecified atom stereocenters. The zero-order chi connectivity index (χ0) is 20.3. The van der Waals surface area contributed by atoms with Crippen molar-refractivity contribution >= 4 is 17.6 Å². The molecular weight excluding hydrogens is 346 g/mol. The predicted octanol–water partition coefficient (Wildman–Crippen LogP) is 4.58. The van der Waals surface area contributed by atoms with Crippen molar-refractivity contribution in [3.63, 3.8) is 0 Å². The summed E-state index contributed by atoms with van der Waals surface area (Å²) in [6.45, 7) is 8.90. The third-order valence-electron chi connectivity index (χ3n) is 4.22. The second-order valence-electron chi connectivity index (χ2n) is 6.69. The highest BCUT2D eigenvalue weighted by Gasteiger charge is 2.33. The number of methoxy groups -OCH3 is 1. The maximum atomic E-state index is 12.9. The van der Waals surface area contributed by atoms with E-state index < -0.39 is 11.6 Å². The minimum atomic E-state index is -0.908. The minimum absolute atomic E-state index is 0.220. The van der Waals surface area contributed by atoms with E-state index >= 15 is 0 Å². The number of anilines is 1. The summed E-state index contributed by atoms with van der Waals surface area (Å²) in [7, 11) is 1.32. The zero-order valence-corrected chi connectivity index (χ0v) is 17.2. The molecule has 0 fully saturated rings. The van der Waals surface area contributed by atoms with Crippen LogP contribution < -0.4 is 10.1 Å². The molecule has 0 aliphatic carbocycles. The average Bonchev–Trinajstić information content (AvgIpc) is 2.68. The Hall–Kier alpha value is -2.08. The third-order valence-corrected chi connectivity index (χ3v) is 4.22. The highest BCUT2D eigenvalue weighted by atomic mass is 16.5. The van der Waals surface area contributed by atoms with Gasteiger partial charge in [0.05, 0.1) is 13.7 Å². The van der Waals surface area contributed by atoms with Crippen LogP contribution in [0.1, 0.15) is 70.2 Å². The van der Waals surface area contributed by atoms with Crippen LogP contribution in [0, 0.1) is 0 Å². The van der Waals surface area contributed by atoms with Gasteiger partial charge in [-0.1, -0.05) is 33.6 Å². The van der Waals surface area contributed by atoms with Crippen molar-refractivity contribution in [3.05, 3.63) is 23.8 Å². The first-order valence-electron chi connectivity index (χ1n) is 9.72. The molecule has 0 bridgehead atoms. The summed E-state index contributed by atoms with van der Waals surface area (Å²) in [5.74, 6) is -0.284. The van der Waals surface area contributed by atoms with Crippen LogP contribution >= 0.6 is 0 Å². The lowest BCUT2D eigenvalue weighted by Gasteiger charge is -2.28. The van der Waals surface area contributed by atoms with Gasteiger partial charge in [0.1, 0.15) is 16.9 Å². The largest absolute Gasteiger partial charge is 0.493 e. The van der Waals surface area contributed by atoms with Crippen molar-refractivity contribution in [2.24, 2.45) is 0 Å². The van der Waals surface area contributed by atoms with Crippen molar-refractivity contribution < 1.29 is 23.8 Å². The summed E-state index contributed by atoms with van der Waals surface area (Å²) in [5.41, 5.74) is -0.116. The van der Waals surface area contributed by atoms with Gasteiger partial charge in [-0.2, -0.15) is 0 Å². The summed E-state index contributed by atoms with van der Waals surface area (Å²) < 4.78 is 16.3. The number of nitrogens with one attached hydrogen (secondary N) is 1. The van der Waals surface area contributed by atoms with E-state index in [0.29, 0.717) is 31.1 Å². The van der Waals surface area contributed by atoms with Crippen molar-refractivity contribution in [3.8, 4) is 5.75 Å². The molecule has 0 saturated heterocycles. The molecule has 1 atom stereocenters. The molecule has 0 saturated carbocycles. The van der Waals surface area contributed by atoms with Gasteiger partial charge < -0.3 is 19.5 Å². The first-order valence-corrected chi connectivity index (χ1v) is 9.72. The van der Waals surface area contributed by atoms with Crippen LogP contribution in [0.2, 0.25) is 0 Å². The van der Waals surface area contributed by atoms with Crippen molar-refractivity contribution in [1.82, 2.24) is 0 Å². The van der Waals surface area contributed by atoms with Gasteiger partial charge in [-0.3, -0.25) is 4.79 Å². The topological polar surface area (TPSA) is 73.9 Å². The lowest BCUT2D eigenvalue weighted by molar-refractivity contribution is -0.140. The SMILES string of the molecule is CCCCC(C)(OCCC)C(=O)Nc1ccc(OCCC)c(C(=O)OC)c1. The lowest BCUT2D eigenvalue weighted by atomic mass is 9.97. The van der Waals surface area contributed by atoms with E-state index in [4.69, 9.17) is 14.2 Å². The molecule has 27 heavy (non-hydrogen) atoms. The van der Waals surface area contributed by atoms with E-state index in [9.17, 15) is 9.59 Å². The van der Waals surface area contributed by atoms with Gasteiger partial charge >= 0.3 is 5.97 Å². The molecule has 1 aromatic rings. The fraction of sp³-hybridized carbons (Fsp3) is 0.619. The van der Waals surface area contributed by atoms with Crippen LogP contribution in [0.15, 0.2) is 18.2 Å². The summed E-state index contributed by atoms with van der Waals surface area (Å²) in [6, 6.07) is 4.97. The summed E-state index contributed by atoms with van der Waals surface area (Å²) in [5, 5.41) is 2.88. The Bertz CT molecular complexity index is 607. The van der Waals surface area contributed by atoms with E-state index in [1.54, 1.807) is 18.2 Å². The standard InChI is InChI=1S/C21H33NO5/c1-6-9-12-21(4,27-14-8-3)20(24)22-16-10-11-18(26-13-7-2)17(15-16)19(23)25-5/h10-11,15H,6-9,12-14H2,1-5H3,(H,22,24). The van der Waals surface area contributed by atoms with Crippen LogP contribution in [0.5, 0.6) is 5.75 Å². The monoisotopic (exact) mass is 379 g/mol. The molecule has 6 heteroatoms. The number of hydrogen-bond acceptors (Lipinski definition) is 5. The number of carbonyl (C=O) groups is 2. The number of unbranched alkanes of at least 4 members (excludes halogenated alkanes) is 1. The molecule has 0 spiro atoms. The molecule has 0 aliphatic heterocycles. The van der Waals surface area contributed by atoms with Crippen LogP contribution in [0.25, 0.3) is 0 Å². The first-order chi connectivity index (χ1) is 12.9. The van der Waals surface area contributed by atoms with Crippen LogP contribution in [0.3, 0.4) is 0 Å². The second-order valence-corrected chi connectivity index (χ2v) is 6.69. The molecule has 0 radical (unpaired) electrons. The molecule has 1 amide bonds. The molecule has 0 aliphatic rings. The van der Waals surface area contributed by atoms with Gasteiger partial charge in [0.2, 0.25) is 0 Å². The first kappa shape index (κ1) is 23.0. The molecular formula is C21H33NO5. The average molecular weight is 379 g/mol. The Balaban J connectivity index is 3.03. The third kappa shape index (κ3) is 6.86. The van der Waals surface area contributed by atoms with Crippen molar-refractivity contribution in [2.45, 2.75) is 65.4 Å². The van der Waals surface area contributed by atoms with Crippen LogP contribution in [-0.4, -0.2) is 37.8 Å². The van der Waals surface area contributed by atoms with Gasteiger partial charge in [0, 0.05) is 12.3 Å². The van der Waals surface area contributed by atoms with Crippen LogP contribution in [-0.2, 0) is 14.3 Å². The molecule has 1 rings (SSSR count). The highest BCUT2D eigenvalue weighted by Crippen LogP contribution is 2.26. The summed E-state index contributed by atoms with van der Waals surface area (Å²) in [4.78, 5) is 24.9. The number of esters is 1. The van der Waals surface area contributed by atoms with Crippen molar-refractivity contribution in [1.29, 1.82) is 0 Å². The second kappa shape index (κ2) is 11.6.